The van der Waals surface area contributed by atoms with Gasteiger partial charge in [0.1, 0.15) is 0 Å². The van der Waals surface area contributed by atoms with Gasteiger partial charge in [-0.1, -0.05) is 30.3 Å². The van der Waals surface area contributed by atoms with Crippen LogP contribution in [0.2, 0.25) is 0 Å². The summed E-state index contributed by atoms with van der Waals surface area (Å²) in [6.07, 6.45) is 0. The third kappa shape index (κ3) is 1.86. The predicted octanol–water partition coefficient (Wildman–Crippen LogP) is 2.99. The summed E-state index contributed by atoms with van der Waals surface area (Å²) in [6.45, 7) is 0. The Balaban J connectivity index is 2.00. The number of urea groups is 1. The van der Waals surface area contributed by atoms with Gasteiger partial charge in [0.2, 0.25) is 0 Å². The van der Waals surface area contributed by atoms with Crippen LogP contribution in [0.5, 0.6) is 0 Å². The van der Waals surface area contributed by atoms with E-state index in [9.17, 15) is 9.59 Å². The van der Waals surface area contributed by atoms with Crippen LogP contribution in [0.3, 0.4) is 0 Å². The Bertz CT molecular complexity index is 720. The first kappa shape index (κ1) is 12.4. The first-order valence-corrected chi connectivity index (χ1v) is 6.34. The lowest BCUT2D eigenvalue weighted by molar-refractivity contribution is 0.104. The van der Waals surface area contributed by atoms with E-state index in [1.165, 1.54) is 4.90 Å². The van der Waals surface area contributed by atoms with Gasteiger partial charge < -0.3 is 10.2 Å². The van der Waals surface area contributed by atoms with Crippen molar-refractivity contribution in [2.24, 2.45) is 0 Å². The van der Waals surface area contributed by atoms with Crippen LogP contribution in [0.15, 0.2) is 42.5 Å². The molecule has 1 aliphatic carbocycles. The highest BCUT2D eigenvalue weighted by molar-refractivity contribution is 6.22. The van der Waals surface area contributed by atoms with Gasteiger partial charge in [-0.15, -0.1) is 0 Å². The van der Waals surface area contributed by atoms with Crippen LogP contribution in [-0.2, 0) is 0 Å². The lowest BCUT2D eigenvalue weighted by atomic mass is 10.1. The molecule has 0 unspecified atom stereocenters. The molecule has 3 rings (SSSR count). The molecule has 4 heteroatoms. The average molecular weight is 266 g/mol. The van der Waals surface area contributed by atoms with Crippen molar-refractivity contribution in [3.8, 4) is 11.1 Å². The van der Waals surface area contributed by atoms with Crippen LogP contribution >= 0.6 is 0 Å². The molecule has 0 bridgehead atoms. The van der Waals surface area contributed by atoms with Gasteiger partial charge in [-0.2, -0.15) is 0 Å². The van der Waals surface area contributed by atoms with Crippen molar-refractivity contribution in [1.82, 2.24) is 4.90 Å². The molecule has 100 valence electrons. The van der Waals surface area contributed by atoms with Crippen LogP contribution in [0.1, 0.15) is 15.9 Å². The fourth-order valence-corrected chi connectivity index (χ4v) is 2.34. The van der Waals surface area contributed by atoms with Gasteiger partial charge in [-0.05, 0) is 23.3 Å². The summed E-state index contributed by atoms with van der Waals surface area (Å²) in [5.74, 6) is 0.0107. The zero-order valence-corrected chi connectivity index (χ0v) is 11.3. The lowest BCUT2D eigenvalue weighted by Crippen LogP contribution is -2.27. The third-order valence-electron chi connectivity index (χ3n) is 3.38. The maximum Gasteiger partial charge on any atom is 0.321 e. The first-order valence-electron chi connectivity index (χ1n) is 6.34. The summed E-state index contributed by atoms with van der Waals surface area (Å²) >= 11 is 0. The second-order valence-corrected chi connectivity index (χ2v) is 4.96. The van der Waals surface area contributed by atoms with Gasteiger partial charge in [0, 0.05) is 30.9 Å². The van der Waals surface area contributed by atoms with E-state index in [0.717, 1.165) is 16.7 Å². The standard InChI is InChI=1S/C16H14N2O2/c1-18(2)16(20)17-10-7-8-12-11-5-3-4-6-13(11)15(19)14(12)9-10/h3-9H,1-2H3,(H,17,20). The molecule has 0 heterocycles. The maximum absolute atomic E-state index is 12.3. The van der Waals surface area contributed by atoms with Crippen molar-refractivity contribution in [1.29, 1.82) is 0 Å². The molecule has 0 spiro atoms. The van der Waals surface area contributed by atoms with Gasteiger partial charge in [-0.25, -0.2) is 4.79 Å². The molecule has 0 fully saturated rings. The minimum absolute atomic E-state index is 0.0107. The number of anilines is 1. The quantitative estimate of drug-likeness (QED) is 0.736. The first-order chi connectivity index (χ1) is 9.58. The van der Waals surface area contributed by atoms with Gasteiger partial charge in [0.05, 0.1) is 0 Å². The third-order valence-corrected chi connectivity index (χ3v) is 3.38. The van der Waals surface area contributed by atoms with E-state index in [-0.39, 0.29) is 11.8 Å². The molecule has 20 heavy (non-hydrogen) atoms. The Morgan fingerprint density at radius 3 is 2.30 bits per heavy atom. The molecule has 0 atom stereocenters. The van der Waals surface area contributed by atoms with Crippen molar-refractivity contribution in [2.45, 2.75) is 0 Å². The van der Waals surface area contributed by atoms with Crippen molar-refractivity contribution in [3.05, 3.63) is 53.6 Å². The van der Waals surface area contributed by atoms with Crippen LogP contribution in [0.4, 0.5) is 10.5 Å². The molecule has 1 aliphatic rings. The van der Waals surface area contributed by atoms with Gasteiger partial charge in [-0.3, -0.25) is 4.79 Å². The number of amides is 2. The molecule has 2 aromatic carbocycles. The predicted molar refractivity (Wildman–Crippen MR) is 78.0 cm³/mol. The Labute approximate surface area is 117 Å². The Morgan fingerprint density at radius 2 is 1.60 bits per heavy atom. The number of hydrogen-bond acceptors (Lipinski definition) is 2. The monoisotopic (exact) mass is 266 g/mol. The van der Waals surface area contributed by atoms with E-state index in [1.54, 1.807) is 20.2 Å². The number of benzene rings is 2. The molecule has 1 N–H and O–H groups in total. The van der Waals surface area contributed by atoms with E-state index >= 15 is 0 Å². The van der Waals surface area contributed by atoms with Crippen LogP contribution in [0.25, 0.3) is 11.1 Å². The second kappa shape index (κ2) is 4.49. The van der Waals surface area contributed by atoms with E-state index in [2.05, 4.69) is 5.32 Å². The summed E-state index contributed by atoms with van der Waals surface area (Å²) < 4.78 is 0. The van der Waals surface area contributed by atoms with Crippen molar-refractivity contribution in [3.63, 3.8) is 0 Å². The summed E-state index contributed by atoms with van der Waals surface area (Å²) in [5.41, 5.74) is 3.87. The minimum atomic E-state index is -0.215. The number of carbonyl (C=O) groups is 2. The number of nitrogens with one attached hydrogen (secondary N) is 1. The highest BCUT2D eigenvalue weighted by Crippen LogP contribution is 2.37. The minimum Gasteiger partial charge on any atom is -0.331 e. The highest BCUT2D eigenvalue weighted by atomic mass is 16.2. The average Bonchev–Trinajstić information content (AvgIpc) is 2.73. The van der Waals surface area contributed by atoms with Crippen molar-refractivity contribution < 1.29 is 9.59 Å². The summed E-state index contributed by atoms with van der Waals surface area (Å²) in [5, 5.41) is 2.75. The van der Waals surface area contributed by atoms with E-state index in [4.69, 9.17) is 0 Å². The molecule has 0 radical (unpaired) electrons. The molecule has 0 aliphatic heterocycles. The zero-order valence-electron chi connectivity index (χ0n) is 11.3. The fourth-order valence-electron chi connectivity index (χ4n) is 2.34. The second-order valence-electron chi connectivity index (χ2n) is 4.96. The highest BCUT2D eigenvalue weighted by Gasteiger charge is 2.26. The normalized spacial score (nSPS) is 11.8. The van der Waals surface area contributed by atoms with Crippen LogP contribution in [0, 0.1) is 0 Å². The summed E-state index contributed by atoms with van der Waals surface area (Å²) in [6, 6.07) is 12.8. The molecule has 0 aromatic heterocycles. The van der Waals surface area contributed by atoms with Gasteiger partial charge in [0.15, 0.2) is 5.78 Å². The molecule has 2 aromatic rings. The zero-order chi connectivity index (χ0) is 14.3. The van der Waals surface area contributed by atoms with Crippen LogP contribution < -0.4 is 5.32 Å². The Hall–Kier alpha value is -2.62. The lowest BCUT2D eigenvalue weighted by Gasteiger charge is -2.12. The number of fused-ring (bicyclic) bond motifs is 3. The maximum atomic E-state index is 12.3. The SMILES string of the molecule is CN(C)C(=O)Nc1ccc2c(c1)C(=O)c1ccccc1-2. The number of rotatable bonds is 1. The molecule has 0 saturated carbocycles. The van der Waals surface area contributed by atoms with E-state index in [1.807, 2.05) is 36.4 Å². The number of carbonyl (C=O) groups excluding carboxylic acids is 2. The molecular formula is C16H14N2O2. The topological polar surface area (TPSA) is 49.4 Å². The molecule has 0 saturated heterocycles. The number of hydrogen-bond donors (Lipinski definition) is 1. The van der Waals surface area contributed by atoms with E-state index < -0.39 is 0 Å². The van der Waals surface area contributed by atoms with E-state index in [0.29, 0.717) is 11.3 Å². The summed E-state index contributed by atoms with van der Waals surface area (Å²) in [7, 11) is 3.34. The molecule has 4 nitrogen and oxygen atoms in total. The molecule has 2 amide bonds. The smallest absolute Gasteiger partial charge is 0.321 e. The van der Waals surface area contributed by atoms with Crippen LogP contribution in [-0.4, -0.2) is 30.8 Å². The summed E-state index contributed by atoms with van der Waals surface area (Å²) in [4.78, 5) is 25.4. The largest absolute Gasteiger partial charge is 0.331 e. The molecular weight excluding hydrogens is 252 g/mol. The van der Waals surface area contributed by atoms with Crippen molar-refractivity contribution in [2.75, 3.05) is 19.4 Å². The Morgan fingerprint density at radius 1 is 0.950 bits per heavy atom. The fraction of sp³-hybridized carbons (Fsp3) is 0.125. The number of ketones is 1. The van der Waals surface area contributed by atoms with Gasteiger partial charge >= 0.3 is 6.03 Å². The number of nitrogens with zero attached hydrogens (tertiary/aromatic N) is 1. The van der Waals surface area contributed by atoms with Crippen molar-refractivity contribution >= 4 is 17.5 Å². The Kier molecular flexibility index (Phi) is 2.79. The van der Waals surface area contributed by atoms with Gasteiger partial charge in [0.25, 0.3) is 0 Å².